The average molecular weight is 593 g/mol. The van der Waals surface area contributed by atoms with E-state index in [-0.39, 0.29) is 48.6 Å². The zero-order valence-corrected chi connectivity index (χ0v) is 26.2. The fraction of sp³-hybridized carbons (Fsp3) is 0.714. The maximum absolute atomic E-state index is 15.1. The predicted octanol–water partition coefficient (Wildman–Crippen LogP) is 8.29. The Balaban J connectivity index is 1.86. The Kier molecular flexibility index (Phi) is 16.9. The van der Waals surface area contributed by atoms with Crippen molar-refractivity contribution in [1.82, 2.24) is 0 Å². The first-order chi connectivity index (χ1) is 20.2. The van der Waals surface area contributed by atoms with Crippen LogP contribution in [0.1, 0.15) is 115 Å². The minimum absolute atomic E-state index is 0.0311. The molecule has 0 aliphatic heterocycles. The summed E-state index contributed by atoms with van der Waals surface area (Å²) in [4.78, 5) is 23.7. The monoisotopic (exact) mass is 592 g/mol. The molecular formula is C35H54F2O5. The third-order valence-electron chi connectivity index (χ3n) is 8.72. The minimum atomic E-state index is -0.830. The van der Waals surface area contributed by atoms with Crippen LogP contribution >= 0.6 is 0 Å². The second-order valence-electron chi connectivity index (χ2n) is 12.5. The number of benzene rings is 1. The third-order valence-corrected chi connectivity index (χ3v) is 8.72. The SMILES string of the molecule is C=C(CO)C(=O)OCCC(CCOC(=O)C(C)C)Cc1ccc(CCCCC2CCC(CCCCC)CC2)c(F)c1F. The fourth-order valence-corrected chi connectivity index (χ4v) is 5.86. The molecule has 0 heterocycles. The number of rotatable bonds is 20. The van der Waals surface area contributed by atoms with Crippen LogP contribution in [0.2, 0.25) is 0 Å². The number of carbonyl (C=O) groups is 2. The molecule has 42 heavy (non-hydrogen) atoms. The lowest BCUT2D eigenvalue weighted by Gasteiger charge is -2.28. The number of aliphatic hydroxyl groups excluding tert-OH is 1. The van der Waals surface area contributed by atoms with E-state index in [1.807, 2.05) is 0 Å². The van der Waals surface area contributed by atoms with Gasteiger partial charge in [-0.05, 0) is 61.0 Å². The molecule has 1 unspecified atom stereocenters. The molecule has 1 aromatic rings. The number of aliphatic hydroxyl groups is 1. The summed E-state index contributed by atoms with van der Waals surface area (Å²) in [7, 11) is 0. The zero-order valence-electron chi connectivity index (χ0n) is 26.2. The van der Waals surface area contributed by atoms with E-state index >= 15 is 8.78 Å². The second kappa shape index (κ2) is 19.8. The Morgan fingerprint density at radius 2 is 1.45 bits per heavy atom. The van der Waals surface area contributed by atoms with Crippen LogP contribution < -0.4 is 0 Å². The van der Waals surface area contributed by atoms with E-state index in [0.717, 1.165) is 24.7 Å². The summed E-state index contributed by atoms with van der Waals surface area (Å²) in [6.45, 7) is 8.86. The molecule has 0 amide bonds. The molecule has 0 radical (unpaired) electrons. The van der Waals surface area contributed by atoms with Crippen LogP contribution in [0.5, 0.6) is 0 Å². The van der Waals surface area contributed by atoms with Crippen LogP contribution in [0.15, 0.2) is 24.3 Å². The van der Waals surface area contributed by atoms with Gasteiger partial charge < -0.3 is 14.6 Å². The third kappa shape index (κ3) is 12.9. The highest BCUT2D eigenvalue weighted by Gasteiger charge is 2.22. The van der Waals surface area contributed by atoms with E-state index in [4.69, 9.17) is 14.6 Å². The van der Waals surface area contributed by atoms with Gasteiger partial charge in [0.25, 0.3) is 0 Å². The van der Waals surface area contributed by atoms with Crippen LogP contribution in [0, 0.1) is 35.3 Å². The molecule has 1 aliphatic carbocycles. The number of carbonyl (C=O) groups excluding carboxylic acids is 2. The Bertz CT molecular complexity index is 968. The van der Waals surface area contributed by atoms with E-state index in [0.29, 0.717) is 24.8 Å². The van der Waals surface area contributed by atoms with Crippen LogP contribution in [-0.2, 0) is 31.9 Å². The summed E-state index contributed by atoms with van der Waals surface area (Å²) in [6, 6.07) is 3.34. The van der Waals surface area contributed by atoms with Crippen molar-refractivity contribution in [3.05, 3.63) is 47.0 Å². The first-order valence-electron chi connectivity index (χ1n) is 16.2. The Labute approximate surface area is 252 Å². The molecule has 238 valence electrons. The van der Waals surface area contributed by atoms with Gasteiger partial charge in [0.2, 0.25) is 0 Å². The molecule has 1 fully saturated rings. The molecule has 1 aliphatic rings. The number of ether oxygens (including phenoxy) is 2. The van der Waals surface area contributed by atoms with Crippen LogP contribution in [0.3, 0.4) is 0 Å². The van der Waals surface area contributed by atoms with Gasteiger partial charge in [-0.3, -0.25) is 4.79 Å². The molecule has 1 saturated carbocycles. The van der Waals surface area contributed by atoms with E-state index in [9.17, 15) is 9.59 Å². The molecular weight excluding hydrogens is 538 g/mol. The summed E-state index contributed by atoms with van der Waals surface area (Å²) >= 11 is 0. The largest absolute Gasteiger partial charge is 0.465 e. The lowest BCUT2D eigenvalue weighted by atomic mass is 9.78. The van der Waals surface area contributed by atoms with Gasteiger partial charge in [-0.15, -0.1) is 0 Å². The smallest absolute Gasteiger partial charge is 0.335 e. The number of hydrogen-bond donors (Lipinski definition) is 1. The summed E-state index contributed by atoms with van der Waals surface area (Å²) in [5.74, 6) is -1.42. The van der Waals surface area contributed by atoms with Crippen molar-refractivity contribution in [2.45, 2.75) is 117 Å². The highest BCUT2D eigenvalue weighted by molar-refractivity contribution is 5.87. The van der Waals surface area contributed by atoms with Gasteiger partial charge in [0.15, 0.2) is 11.6 Å². The topological polar surface area (TPSA) is 72.8 Å². The van der Waals surface area contributed by atoms with Crippen molar-refractivity contribution in [2.24, 2.45) is 23.7 Å². The average Bonchev–Trinajstić information content (AvgIpc) is 2.98. The lowest BCUT2D eigenvalue weighted by Crippen LogP contribution is -2.18. The summed E-state index contributed by atoms with van der Waals surface area (Å²) in [6.07, 6.45) is 15.2. The highest BCUT2D eigenvalue weighted by Crippen LogP contribution is 2.34. The Morgan fingerprint density at radius 1 is 0.905 bits per heavy atom. The second-order valence-corrected chi connectivity index (χ2v) is 12.5. The van der Waals surface area contributed by atoms with E-state index in [2.05, 4.69) is 13.5 Å². The normalized spacial score (nSPS) is 17.7. The predicted molar refractivity (Wildman–Crippen MR) is 163 cm³/mol. The maximum atomic E-state index is 15.1. The molecule has 1 aromatic carbocycles. The molecule has 7 heteroatoms. The van der Waals surface area contributed by atoms with E-state index < -0.39 is 24.2 Å². The molecule has 0 bridgehead atoms. The number of esters is 2. The minimum Gasteiger partial charge on any atom is -0.465 e. The van der Waals surface area contributed by atoms with E-state index in [1.54, 1.807) is 26.0 Å². The van der Waals surface area contributed by atoms with Crippen LogP contribution in [0.4, 0.5) is 8.78 Å². The van der Waals surface area contributed by atoms with Gasteiger partial charge in [0, 0.05) is 0 Å². The van der Waals surface area contributed by atoms with Crippen molar-refractivity contribution in [3.8, 4) is 0 Å². The summed E-state index contributed by atoms with van der Waals surface area (Å²) in [5, 5.41) is 9.04. The standard InChI is InChI=1S/C35H54F2O5/c1-5-6-7-10-27-13-15-28(16-14-27)11-8-9-12-30-17-18-31(33(37)32(30)36)23-29(19-21-41-34(39)25(2)3)20-22-42-35(40)26(4)24-38/h17-18,25,27-29,38H,4-16,19-24H2,1-3H3. The highest BCUT2D eigenvalue weighted by atomic mass is 19.2. The Hall–Kier alpha value is -2.28. The van der Waals surface area contributed by atoms with Crippen molar-refractivity contribution in [2.75, 3.05) is 19.8 Å². The van der Waals surface area contributed by atoms with Crippen LogP contribution in [0.25, 0.3) is 0 Å². The molecule has 0 aromatic heterocycles. The summed E-state index contributed by atoms with van der Waals surface area (Å²) < 4.78 is 40.6. The number of halogens is 2. The zero-order chi connectivity index (χ0) is 30.9. The molecule has 1 N–H and O–H groups in total. The van der Waals surface area contributed by atoms with Gasteiger partial charge in [-0.1, -0.05) is 104 Å². The molecule has 1 atom stereocenters. The first kappa shape index (κ1) is 35.9. The maximum Gasteiger partial charge on any atom is 0.335 e. The van der Waals surface area contributed by atoms with Gasteiger partial charge in [0.05, 0.1) is 31.3 Å². The van der Waals surface area contributed by atoms with Gasteiger partial charge >= 0.3 is 11.9 Å². The number of unbranched alkanes of at least 4 members (excludes halogenated alkanes) is 3. The van der Waals surface area contributed by atoms with Crippen LogP contribution in [-0.4, -0.2) is 36.9 Å². The van der Waals surface area contributed by atoms with Crippen molar-refractivity contribution in [1.29, 1.82) is 0 Å². The Morgan fingerprint density at radius 3 is 2.02 bits per heavy atom. The number of aryl methyl sites for hydroxylation is 1. The van der Waals surface area contributed by atoms with Crippen molar-refractivity contribution >= 4 is 11.9 Å². The summed E-state index contributed by atoms with van der Waals surface area (Å²) in [5.41, 5.74) is 0.624. The quantitative estimate of drug-likeness (QED) is 0.0937. The lowest BCUT2D eigenvalue weighted by molar-refractivity contribution is -0.147. The molecule has 0 spiro atoms. The van der Waals surface area contributed by atoms with Crippen molar-refractivity contribution in [3.63, 3.8) is 0 Å². The van der Waals surface area contributed by atoms with E-state index in [1.165, 1.54) is 57.8 Å². The molecule has 0 saturated heterocycles. The van der Waals surface area contributed by atoms with Gasteiger partial charge in [-0.2, -0.15) is 0 Å². The fourth-order valence-electron chi connectivity index (χ4n) is 5.86. The number of hydrogen-bond acceptors (Lipinski definition) is 5. The van der Waals surface area contributed by atoms with Gasteiger partial charge in [0.1, 0.15) is 0 Å². The van der Waals surface area contributed by atoms with Gasteiger partial charge in [-0.25, -0.2) is 13.6 Å². The molecule has 2 rings (SSSR count). The molecule has 5 nitrogen and oxygen atoms in total. The first-order valence-corrected chi connectivity index (χ1v) is 16.2. The van der Waals surface area contributed by atoms with Crippen molar-refractivity contribution < 1.29 is 33.0 Å².